The highest BCUT2D eigenvalue weighted by Crippen LogP contribution is 2.47. The van der Waals surface area contributed by atoms with Crippen LogP contribution in [0.3, 0.4) is 0 Å². The van der Waals surface area contributed by atoms with Crippen molar-refractivity contribution in [3.8, 4) is 0 Å². The molecule has 0 aromatic heterocycles. The summed E-state index contributed by atoms with van der Waals surface area (Å²) in [5.74, 6) is 0. The van der Waals surface area contributed by atoms with E-state index < -0.39 is 6.89 Å². The van der Waals surface area contributed by atoms with Gasteiger partial charge in [-0.25, -0.2) is 0 Å². The lowest BCUT2D eigenvalue weighted by atomic mass is 10.2. The second-order valence-corrected chi connectivity index (χ2v) is 12.4. The molecule has 0 bridgehead atoms. The minimum absolute atomic E-state index is 0.132. The van der Waals surface area contributed by atoms with Crippen molar-refractivity contribution in [1.82, 2.24) is 0 Å². The highest BCUT2D eigenvalue weighted by Gasteiger charge is 2.31. The van der Waals surface area contributed by atoms with Crippen molar-refractivity contribution in [3.63, 3.8) is 0 Å². The van der Waals surface area contributed by atoms with Crippen molar-refractivity contribution >= 4 is 45.0 Å². The molecule has 160 valence electrons. The zero-order valence-electron chi connectivity index (χ0n) is 18.7. The SMILES string of the molecule is CC(C(=O)Sc1c(C)cccc1C)=P(c1ccccc1)(c1ccccc1)c1ccccc1. The Hall–Kier alpha value is -2.80. The monoisotopic (exact) mass is 454 g/mol. The van der Waals surface area contributed by atoms with Crippen molar-refractivity contribution < 1.29 is 4.79 Å². The number of benzene rings is 4. The molecule has 0 unspecified atom stereocenters. The summed E-state index contributed by atoms with van der Waals surface area (Å²) in [5, 5.41) is 4.64. The van der Waals surface area contributed by atoms with Crippen LogP contribution >= 0.6 is 18.6 Å². The van der Waals surface area contributed by atoms with Gasteiger partial charge in [-0.1, -0.05) is 109 Å². The van der Waals surface area contributed by atoms with Crippen LogP contribution in [0.1, 0.15) is 18.1 Å². The van der Waals surface area contributed by atoms with E-state index in [1.165, 1.54) is 27.7 Å². The molecular formula is C29H27OPS. The maximum Gasteiger partial charge on any atom is 0.220 e. The van der Waals surface area contributed by atoms with Crippen LogP contribution in [-0.2, 0) is 4.79 Å². The van der Waals surface area contributed by atoms with Gasteiger partial charge in [-0.3, -0.25) is 4.79 Å². The van der Waals surface area contributed by atoms with E-state index in [0.29, 0.717) is 0 Å². The smallest absolute Gasteiger partial charge is 0.220 e. The zero-order valence-corrected chi connectivity index (χ0v) is 20.4. The number of carbonyl (C=O) groups excluding carboxylic acids is 1. The first-order valence-electron chi connectivity index (χ1n) is 10.7. The maximum absolute atomic E-state index is 13.9. The molecule has 0 saturated heterocycles. The predicted octanol–water partition coefficient (Wildman–Crippen LogP) is 6.11. The van der Waals surface area contributed by atoms with Crippen molar-refractivity contribution in [2.24, 2.45) is 0 Å². The van der Waals surface area contributed by atoms with Gasteiger partial charge >= 0.3 is 0 Å². The second-order valence-electron chi connectivity index (χ2n) is 7.87. The summed E-state index contributed by atoms with van der Waals surface area (Å²) < 4.78 is 0. The predicted molar refractivity (Wildman–Crippen MR) is 143 cm³/mol. The van der Waals surface area contributed by atoms with Gasteiger partial charge in [0.2, 0.25) is 5.12 Å². The van der Waals surface area contributed by atoms with E-state index in [0.717, 1.165) is 21.3 Å². The normalized spacial score (nSPS) is 11.2. The van der Waals surface area contributed by atoms with Crippen molar-refractivity contribution in [1.29, 1.82) is 0 Å². The third-order valence-electron chi connectivity index (χ3n) is 5.83. The standard InChI is InChI=1S/C29H27OPS/c1-22-14-13-15-23(2)28(22)32-29(30)24(3)31(25-16-7-4-8-17-25,26-18-9-5-10-19-26)27-20-11-6-12-21-27/h4-21H,1-3H3. The lowest BCUT2D eigenvalue weighted by Crippen LogP contribution is -2.31. The first-order valence-corrected chi connectivity index (χ1v) is 13.3. The van der Waals surface area contributed by atoms with Crippen LogP contribution in [0.5, 0.6) is 0 Å². The van der Waals surface area contributed by atoms with Crippen molar-refractivity contribution in [2.45, 2.75) is 25.7 Å². The van der Waals surface area contributed by atoms with Crippen LogP contribution in [0, 0.1) is 13.8 Å². The molecule has 4 aromatic carbocycles. The van der Waals surface area contributed by atoms with E-state index >= 15 is 0 Å². The fraction of sp³-hybridized carbons (Fsp3) is 0.103. The second kappa shape index (κ2) is 9.77. The molecule has 0 amide bonds. The Morgan fingerprint density at radius 3 is 1.34 bits per heavy atom. The molecule has 1 nitrogen and oxygen atoms in total. The van der Waals surface area contributed by atoms with Crippen LogP contribution in [0.25, 0.3) is 0 Å². The summed E-state index contributed by atoms with van der Waals surface area (Å²) in [6.45, 7) is 3.87. The summed E-state index contributed by atoms with van der Waals surface area (Å²) in [4.78, 5) is 15.0. The third-order valence-corrected chi connectivity index (χ3v) is 11.8. The Labute approximate surface area is 195 Å². The van der Waals surface area contributed by atoms with Gasteiger partial charge in [0.05, 0.1) is 0 Å². The molecule has 0 aliphatic carbocycles. The maximum atomic E-state index is 13.9. The van der Waals surface area contributed by atoms with Crippen LogP contribution in [0.15, 0.2) is 114 Å². The summed E-state index contributed by atoms with van der Waals surface area (Å²) in [7, 11) is 0. The van der Waals surface area contributed by atoms with Gasteiger partial charge < -0.3 is 0 Å². The molecule has 4 rings (SSSR count). The number of thioether (sulfide) groups is 1. The van der Waals surface area contributed by atoms with Crippen LogP contribution < -0.4 is 15.9 Å². The Kier molecular flexibility index (Phi) is 6.84. The molecule has 4 aromatic rings. The van der Waals surface area contributed by atoms with E-state index in [-0.39, 0.29) is 5.12 Å². The van der Waals surface area contributed by atoms with Crippen LogP contribution in [0.4, 0.5) is 0 Å². The number of hydrogen-bond donors (Lipinski definition) is 0. The van der Waals surface area contributed by atoms with Gasteiger partial charge in [-0.05, 0) is 66.5 Å². The highest BCUT2D eigenvalue weighted by molar-refractivity contribution is 8.17. The first-order chi connectivity index (χ1) is 15.5. The van der Waals surface area contributed by atoms with Gasteiger partial charge in [0.25, 0.3) is 0 Å². The quantitative estimate of drug-likeness (QED) is 0.267. The lowest BCUT2D eigenvalue weighted by molar-refractivity contribution is -0.105. The van der Waals surface area contributed by atoms with Gasteiger partial charge in [-0.15, -0.1) is 0 Å². The average Bonchev–Trinajstić information content (AvgIpc) is 2.84. The summed E-state index contributed by atoms with van der Waals surface area (Å²) in [5.41, 5.74) is 2.28. The molecule has 0 atom stereocenters. The number of aryl methyl sites for hydroxylation is 2. The fourth-order valence-corrected chi connectivity index (χ4v) is 9.77. The average molecular weight is 455 g/mol. The Morgan fingerprint density at radius 2 is 0.969 bits per heavy atom. The molecule has 0 spiro atoms. The van der Waals surface area contributed by atoms with E-state index in [1.54, 1.807) is 0 Å². The first kappa shape index (κ1) is 22.4. The lowest BCUT2D eigenvalue weighted by Gasteiger charge is -2.31. The fourth-order valence-electron chi connectivity index (χ4n) is 4.25. The summed E-state index contributed by atoms with van der Waals surface area (Å²) in [6.07, 6.45) is 0. The molecule has 32 heavy (non-hydrogen) atoms. The minimum Gasteiger partial charge on any atom is -0.281 e. The molecule has 0 aliphatic rings. The molecular weight excluding hydrogens is 427 g/mol. The Balaban J connectivity index is 2.04. The van der Waals surface area contributed by atoms with Gasteiger partial charge in [0, 0.05) is 10.2 Å². The highest BCUT2D eigenvalue weighted by atomic mass is 32.2. The van der Waals surface area contributed by atoms with Crippen molar-refractivity contribution in [3.05, 3.63) is 120 Å². The molecule has 0 heterocycles. The number of carbonyl (C=O) groups is 1. The van der Waals surface area contributed by atoms with Gasteiger partial charge in [0.1, 0.15) is 0 Å². The topological polar surface area (TPSA) is 17.1 Å². The van der Waals surface area contributed by atoms with Gasteiger partial charge in [-0.2, -0.15) is 0 Å². The zero-order chi connectivity index (χ0) is 22.6. The largest absolute Gasteiger partial charge is 0.281 e. The third kappa shape index (κ3) is 4.13. The van der Waals surface area contributed by atoms with E-state index in [9.17, 15) is 4.79 Å². The summed E-state index contributed by atoms with van der Waals surface area (Å²) >= 11 is 1.37. The molecule has 3 heteroatoms. The van der Waals surface area contributed by atoms with Crippen LogP contribution in [-0.4, -0.2) is 10.4 Å². The van der Waals surface area contributed by atoms with Gasteiger partial charge in [0.15, 0.2) is 0 Å². The summed E-state index contributed by atoms with van der Waals surface area (Å²) in [6, 6.07) is 37.8. The molecule has 0 radical (unpaired) electrons. The molecule has 0 saturated carbocycles. The molecule has 0 aliphatic heterocycles. The van der Waals surface area contributed by atoms with Crippen LogP contribution in [0.2, 0.25) is 0 Å². The Morgan fingerprint density at radius 1 is 0.594 bits per heavy atom. The minimum atomic E-state index is -2.32. The molecule has 0 fully saturated rings. The molecule has 0 N–H and O–H groups in total. The van der Waals surface area contributed by atoms with E-state index in [1.807, 2.05) is 31.2 Å². The number of hydrogen-bond acceptors (Lipinski definition) is 2. The number of rotatable bonds is 5. The van der Waals surface area contributed by atoms with E-state index in [4.69, 9.17) is 0 Å². The Bertz CT molecular complexity index is 1160. The van der Waals surface area contributed by atoms with E-state index in [2.05, 4.69) is 98.8 Å². The van der Waals surface area contributed by atoms with Crippen molar-refractivity contribution in [2.75, 3.05) is 0 Å².